The number of thiophene rings is 1. The molecule has 2 heterocycles. The fourth-order valence-corrected chi connectivity index (χ4v) is 2.79. The van der Waals surface area contributed by atoms with Gasteiger partial charge in [-0.25, -0.2) is 9.97 Å². The number of para-hydroxylation sites is 1. The van der Waals surface area contributed by atoms with Crippen molar-refractivity contribution < 1.29 is 4.74 Å². The molecule has 2 aromatic heterocycles. The highest BCUT2D eigenvalue weighted by Crippen LogP contribution is 2.34. The number of rotatable bonds is 2. The van der Waals surface area contributed by atoms with Gasteiger partial charge < -0.3 is 4.74 Å². The Morgan fingerprint density at radius 3 is 2.83 bits per heavy atom. The smallest absolute Gasteiger partial charge is 0.175 e. The Labute approximate surface area is 113 Å². The molecule has 90 valence electrons. The first kappa shape index (κ1) is 11.4. The first-order valence-corrected chi connectivity index (χ1v) is 6.59. The average molecular weight is 277 g/mol. The molecule has 18 heavy (non-hydrogen) atoms. The molecule has 0 bridgehead atoms. The fourth-order valence-electron chi connectivity index (χ4n) is 1.76. The molecule has 3 aromatic rings. The van der Waals surface area contributed by atoms with Crippen LogP contribution in [-0.2, 0) is 0 Å². The maximum absolute atomic E-state index is 6.19. The van der Waals surface area contributed by atoms with Gasteiger partial charge in [0.05, 0.1) is 12.6 Å². The van der Waals surface area contributed by atoms with E-state index >= 15 is 0 Å². The Kier molecular flexibility index (Phi) is 2.89. The van der Waals surface area contributed by atoms with Crippen LogP contribution in [-0.4, -0.2) is 17.1 Å². The van der Waals surface area contributed by atoms with Crippen LogP contribution in [0, 0.1) is 0 Å². The molecular weight excluding hydrogens is 268 g/mol. The van der Waals surface area contributed by atoms with Crippen molar-refractivity contribution in [1.82, 2.24) is 9.97 Å². The Bertz CT molecular complexity index is 711. The fraction of sp³-hybridized carbons (Fsp3) is 0.0769. The second-order valence-electron chi connectivity index (χ2n) is 3.67. The highest BCUT2D eigenvalue weighted by atomic mass is 35.5. The summed E-state index contributed by atoms with van der Waals surface area (Å²) >= 11 is 7.72. The zero-order valence-corrected chi connectivity index (χ0v) is 11.1. The number of methoxy groups -OCH3 is 1. The number of nitrogens with zero attached hydrogens (tertiary/aromatic N) is 2. The van der Waals surface area contributed by atoms with E-state index in [1.807, 2.05) is 35.7 Å². The summed E-state index contributed by atoms with van der Waals surface area (Å²) in [5.41, 5.74) is 0.836. The molecule has 0 aliphatic carbocycles. The lowest BCUT2D eigenvalue weighted by Crippen LogP contribution is -1.92. The van der Waals surface area contributed by atoms with E-state index in [9.17, 15) is 0 Å². The van der Waals surface area contributed by atoms with E-state index < -0.39 is 0 Å². The van der Waals surface area contributed by atoms with E-state index in [-0.39, 0.29) is 0 Å². The van der Waals surface area contributed by atoms with Crippen molar-refractivity contribution in [3.63, 3.8) is 0 Å². The van der Waals surface area contributed by atoms with Gasteiger partial charge >= 0.3 is 0 Å². The van der Waals surface area contributed by atoms with E-state index in [2.05, 4.69) is 9.97 Å². The van der Waals surface area contributed by atoms with Crippen LogP contribution in [0.25, 0.3) is 21.6 Å². The molecule has 0 amide bonds. The molecule has 1 aromatic carbocycles. The Morgan fingerprint density at radius 1 is 1.17 bits per heavy atom. The predicted molar refractivity (Wildman–Crippen MR) is 74.4 cm³/mol. The number of ether oxygens (including phenoxy) is 1. The lowest BCUT2D eigenvalue weighted by molar-refractivity contribution is 0.418. The molecule has 3 rings (SSSR count). The van der Waals surface area contributed by atoms with E-state index in [4.69, 9.17) is 16.3 Å². The van der Waals surface area contributed by atoms with Gasteiger partial charge in [-0.05, 0) is 23.6 Å². The molecule has 5 heteroatoms. The van der Waals surface area contributed by atoms with Crippen molar-refractivity contribution in [2.45, 2.75) is 0 Å². The van der Waals surface area contributed by atoms with Crippen LogP contribution in [0.1, 0.15) is 0 Å². The third-order valence-electron chi connectivity index (χ3n) is 2.61. The van der Waals surface area contributed by atoms with Crippen LogP contribution in [0.3, 0.4) is 0 Å². The van der Waals surface area contributed by atoms with Gasteiger partial charge in [0, 0.05) is 5.39 Å². The maximum Gasteiger partial charge on any atom is 0.175 e. The number of fused-ring (bicyclic) bond motifs is 1. The van der Waals surface area contributed by atoms with Crippen molar-refractivity contribution >= 4 is 33.8 Å². The lowest BCUT2D eigenvalue weighted by Gasteiger charge is -2.04. The zero-order chi connectivity index (χ0) is 12.5. The minimum absolute atomic E-state index is 0.464. The van der Waals surface area contributed by atoms with Gasteiger partial charge in [-0.15, -0.1) is 11.3 Å². The van der Waals surface area contributed by atoms with Crippen LogP contribution in [0.15, 0.2) is 35.7 Å². The van der Waals surface area contributed by atoms with Gasteiger partial charge in [-0.2, -0.15) is 0 Å². The van der Waals surface area contributed by atoms with Crippen LogP contribution >= 0.6 is 22.9 Å². The maximum atomic E-state index is 6.19. The summed E-state index contributed by atoms with van der Waals surface area (Å²) in [4.78, 5) is 9.75. The summed E-state index contributed by atoms with van der Waals surface area (Å²) in [5.74, 6) is 1.37. The van der Waals surface area contributed by atoms with E-state index in [1.54, 1.807) is 7.11 Å². The minimum Gasteiger partial charge on any atom is -0.495 e. The number of aromatic nitrogens is 2. The number of hydrogen-bond acceptors (Lipinski definition) is 4. The van der Waals surface area contributed by atoms with Gasteiger partial charge in [0.2, 0.25) is 0 Å². The van der Waals surface area contributed by atoms with Gasteiger partial charge in [0.15, 0.2) is 5.82 Å². The van der Waals surface area contributed by atoms with Crippen molar-refractivity contribution in [1.29, 1.82) is 0 Å². The van der Waals surface area contributed by atoms with E-state index in [1.165, 1.54) is 11.3 Å². The molecule has 0 fully saturated rings. The van der Waals surface area contributed by atoms with E-state index in [0.717, 1.165) is 21.5 Å². The molecule has 0 saturated heterocycles. The molecule has 0 spiro atoms. The summed E-state index contributed by atoms with van der Waals surface area (Å²) in [6.07, 6.45) is 0. The van der Waals surface area contributed by atoms with Crippen LogP contribution in [0.4, 0.5) is 0 Å². The third kappa shape index (κ3) is 1.83. The van der Waals surface area contributed by atoms with Crippen LogP contribution < -0.4 is 4.74 Å². The highest BCUT2D eigenvalue weighted by molar-refractivity contribution is 7.13. The average Bonchev–Trinajstić information content (AvgIpc) is 2.87. The minimum atomic E-state index is 0.464. The van der Waals surface area contributed by atoms with Gasteiger partial charge in [0.1, 0.15) is 15.8 Å². The first-order chi connectivity index (χ1) is 8.79. The monoisotopic (exact) mass is 276 g/mol. The van der Waals surface area contributed by atoms with Crippen molar-refractivity contribution in [3.8, 4) is 16.5 Å². The SMILES string of the molecule is COc1ccsc1-c1nc(Cl)c2ccccc2n1. The summed E-state index contributed by atoms with van der Waals surface area (Å²) < 4.78 is 5.28. The Balaban J connectivity index is 2.25. The normalized spacial score (nSPS) is 10.8. The number of benzene rings is 1. The number of hydrogen-bond donors (Lipinski definition) is 0. The second-order valence-corrected chi connectivity index (χ2v) is 4.95. The van der Waals surface area contributed by atoms with Crippen molar-refractivity contribution in [3.05, 3.63) is 40.9 Å². The first-order valence-electron chi connectivity index (χ1n) is 5.33. The van der Waals surface area contributed by atoms with Crippen molar-refractivity contribution in [2.75, 3.05) is 7.11 Å². The molecule has 0 aliphatic rings. The quantitative estimate of drug-likeness (QED) is 0.663. The molecule has 0 atom stereocenters. The summed E-state index contributed by atoms with van der Waals surface area (Å²) in [5, 5.41) is 3.27. The molecule has 0 aliphatic heterocycles. The van der Waals surface area contributed by atoms with Crippen LogP contribution in [0.2, 0.25) is 5.15 Å². The van der Waals surface area contributed by atoms with Gasteiger partial charge in [0.25, 0.3) is 0 Å². The third-order valence-corrected chi connectivity index (χ3v) is 3.79. The summed E-state index contributed by atoms with van der Waals surface area (Å²) in [7, 11) is 1.63. The van der Waals surface area contributed by atoms with Crippen LogP contribution in [0.5, 0.6) is 5.75 Å². The largest absolute Gasteiger partial charge is 0.495 e. The topological polar surface area (TPSA) is 35.0 Å². The Morgan fingerprint density at radius 2 is 2.00 bits per heavy atom. The second kappa shape index (κ2) is 4.55. The standard InChI is InChI=1S/C13H9ClN2OS/c1-17-10-6-7-18-11(10)13-15-9-5-3-2-4-8(9)12(14)16-13/h2-7H,1H3. The molecule has 0 radical (unpaired) electrons. The van der Waals surface area contributed by atoms with Gasteiger partial charge in [-0.3, -0.25) is 0 Å². The predicted octanol–water partition coefficient (Wildman–Crippen LogP) is 4.02. The van der Waals surface area contributed by atoms with Crippen molar-refractivity contribution in [2.24, 2.45) is 0 Å². The molecule has 0 unspecified atom stereocenters. The Hall–Kier alpha value is -1.65. The van der Waals surface area contributed by atoms with E-state index in [0.29, 0.717) is 11.0 Å². The highest BCUT2D eigenvalue weighted by Gasteiger charge is 2.13. The number of halogens is 1. The summed E-state index contributed by atoms with van der Waals surface area (Å²) in [6, 6.07) is 9.58. The molecule has 0 N–H and O–H groups in total. The summed E-state index contributed by atoms with van der Waals surface area (Å²) in [6.45, 7) is 0. The molecule has 0 saturated carbocycles. The lowest BCUT2D eigenvalue weighted by atomic mass is 10.2. The zero-order valence-electron chi connectivity index (χ0n) is 9.55. The molecular formula is C13H9ClN2OS. The molecule has 3 nitrogen and oxygen atoms in total. The van der Waals surface area contributed by atoms with Gasteiger partial charge in [-0.1, -0.05) is 23.7 Å².